The highest BCUT2D eigenvalue weighted by molar-refractivity contribution is 5.83. The predicted octanol–water partition coefficient (Wildman–Crippen LogP) is 2.27. The SMILES string of the molecule is CN(C)CC(=N)n1cc(OC2CCC(N)c3ccccc32)ccc1=N. The number of likely N-dealkylation sites (N-methyl/N-ethyl adjacent to an activating group) is 1. The Labute approximate surface area is 147 Å². The van der Waals surface area contributed by atoms with Crippen LogP contribution in [0.5, 0.6) is 5.75 Å². The fourth-order valence-corrected chi connectivity index (χ4v) is 3.22. The molecule has 0 radical (unpaired) electrons. The predicted molar refractivity (Wildman–Crippen MR) is 97.9 cm³/mol. The van der Waals surface area contributed by atoms with Crippen molar-refractivity contribution in [2.24, 2.45) is 5.73 Å². The van der Waals surface area contributed by atoms with E-state index in [-0.39, 0.29) is 17.6 Å². The number of hydrogen-bond donors (Lipinski definition) is 3. The van der Waals surface area contributed by atoms with Gasteiger partial charge in [0.15, 0.2) is 0 Å². The van der Waals surface area contributed by atoms with Gasteiger partial charge in [-0.25, -0.2) is 0 Å². The molecule has 132 valence electrons. The lowest BCUT2D eigenvalue weighted by atomic mass is 9.86. The quantitative estimate of drug-likeness (QED) is 0.589. The maximum Gasteiger partial charge on any atom is 0.137 e. The smallest absolute Gasteiger partial charge is 0.137 e. The van der Waals surface area contributed by atoms with Crippen molar-refractivity contribution in [1.82, 2.24) is 9.47 Å². The average Bonchev–Trinajstić information content (AvgIpc) is 2.58. The van der Waals surface area contributed by atoms with Gasteiger partial charge in [0.05, 0.1) is 12.7 Å². The van der Waals surface area contributed by atoms with Crippen molar-refractivity contribution >= 4 is 5.84 Å². The number of nitrogens with two attached hydrogens (primary N) is 1. The Hall–Kier alpha value is -2.44. The van der Waals surface area contributed by atoms with Crippen molar-refractivity contribution in [3.63, 3.8) is 0 Å². The fraction of sp³-hybridized carbons (Fsp3) is 0.368. The zero-order valence-electron chi connectivity index (χ0n) is 14.7. The van der Waals surface area contributed by atoms with Gasteiger partial charge in [0.2, 0.25) is 0 Å². The molecular weight excluding hydrogens is 314 g/mol. The number of aromatic nitrogens is 1. The largest absolute Gasteiger partial charge is 0.484 e. The van der Waals surface area contributed by atoms with E-state index in [0.29, 0.717) is 18.1 Å². The standard InChI is InChI=1S/C19H25N5O/c1-23(2)12-19(22)24-11-13(7-10-18(24)21)25-17-9-8-16(20)14-5-3-4-6-15(14)17/h3-7,10-11,16-17,21-22H,8-9,12,20H2,1-2H3. The van der Waals surface area contributed by atoms with Gasteiger partial charge < -0.3 is 15.4 Å². The van der Waals surface area contributed by atoms with Crippen LogP contribution in [-0.2, 0) is 0 Å². The number of hydrogen-bond acceptors (Lipinski definition) is 5. The van der Waals surface area contributed by atoms with E-state index in [1.807, 2.05) is 31.1 Å². The molecule has 1 aliphatic rings. The van der Waals surface area contributed by atoms with E-state index >= 15 is 0 Å². The van der Waals surface area contributed by atoms with Gasteiger partial charge >= 0.3 is 0 Å². The summed E-state index contributed by atoms with van der Waals surface area (Å²) in [4.78, 5) is 1.90. The van der Waals surface area contributed by atoms with Crippen LogP contribution in [-0.4, -0.2) is 35.9 Å². The molecular formula is C19H25N5O. The summed E-state index contributed by atoms with van der Waals surface area (Å²) < 4.78 is 7.76. The summed E-state index contributed by atoms with van der Waals surface area (Å²) >= 11 is 0. The highest BCUT2D eigenvalue weighted by atomic mass is 16.5. The number of fused-ring (bicyclic) bond motifs is 1. The Morgan fingerprint density at radius 3 is 2.64 bits per heavy atom. The summed E-state index contributed by atoms with van der Waals surface area (Å²) in [5, 5.41) is 16.2. The molecule has 0 saturated heterocycles. The number of nitrogens with zero attached hydrogens (tertiary/aromatic N) is 2. The van der Waals surface area contributed by atoms with Crippen molar-refractivity contribution in [3.05, 3.63) is 59.2 Å². The lowest BCUT2D eigenvalue weighted by Gasteiger charge is -2.30. The molecule has 0 amide bonds. The van der Waals surface area contributed by atoms with Crippen LogP contribution in [0, 0.1) is 10.8 Å². The Morgan fingerprint density at radius 1 is 1.20 bits per heavy atom. The van der Waals surface area contributed by atoms with Crippen LogP contribution >= 0.6 is 0 Å². The topological polar surface area (TPSA) is 91.1 Å². The average molecular weight is 339 g/mol. The van der Waals surface area contributed by atoms with Gasteiger partial charge in [-0.05, 0) is 50.2 Å². The molecule has 3 rings (SSSR count). The van der Waals surface area contributed by atoms with Crippen LogP contribution in [0.25, 0.3) is 0 Å². The molecule has 0 spiro atoms. The zero-order valence-corrected chi connectivity index (χ0v) is 14.7. The molecule has 6 nitrogen and oxygen atoms in total. The second kappa shape index (κ2) is 7.21. The fourth-order valence-electron chi connectivity index (χ4n) is 3.22. The van der Waals surface area contributed by atoms with Gasteiger partial charge in [0, 0.05) is 6.04 Å². The molecule has 0 aliphatic heterocycles. The first-order valence-electron chi connectivity index (χ1n) is 8.46. The van der Waals surface area contributed by atoms with E-state index in [9.17, 15) is 0 Å². The van der Waals surface area contributed by atoms with E-state index in [2.05, 4.69) is 12.1 Å². The molecule has 1 heterocycles. The molecule has 0 saturated carbocycles. The van der Waals surface area contributed by atoms with Crippen LogP contribution < -0.4 is 16.0 Å². The van der Waals surface area contributed by atoms with E-state index in [1.54, 1.807) is 22.9 Å². The third-order valence-corrected chi connectivity index (χ3v) is 4.44. The minimum atomic E-state index is -0.0518. The van der Waals surface area contributed by atoms with Gasteiger partial charge in [-0.2, -0.15) is 0 Å². The Bertz CT molecular complexity index is 827. The molecule has 0 fully saturated rings. The second-order valence-electron chi connectivity index (χ2n) is 6.72. The van der Waals surface area contributed by atoms with Gasteiger partial charge in [0.1, 0.15) is 23.2 Å². The van der Waals surface area contributed by atoms with Gasteiger partial charge in [-0.3, -0.25) is 15.4 Å². The molecule has 2 atom stereocenters. The maximum atomic E-state index is 8.19. The molecule has 1 aliphatic carbocycles. The maximum absolute atomic E-state index is 8.19. The highest BCUT2D eigenvalue weighted by Crippen LogP contribution is 2.37. The summed E-state index contributed by atoms with van der Waals surface area (Å²) in [6.07, 6.45) is 3.42. The van der Waals surface area contributed by atoms with Crippen molar-refractivity contribution in [1.29, 1.82) is 10.8 Å². The molecule has 2 unspecified atom stereocenters. The molecule has 2 aromatic rings. The number of ether oxygens (including phenoxy) is 1. The van der Waals surface area contributed by atoms with Gasteiger partial charge in [-0.1, -0.05) is 24.3 Å². The Balaban J connectivity index is 1.86. The first-order chi connectivity index (χ1) is 12.0. The molecule has 1 aromatic heterocycles. The Kier molecular flexibility index (Phi) is 5.01. The van der Waals surface area contributed by atoms with Crippen LogP contribution in [0.2, 0.25) is 0 Å². The third-order valence-electron chi connectivity index (χ3n) is 4.44. The summed E-state index contributed by atoms with van der Waals surface area (Å²) in [5.74, 6) is 1.00. The Morgan fingerprint density at radius 2 is 1.92 bits per heavy atom. The van der Waals surface area contributed by atoms with E-state index in [1.165, 1.54) is 0 Å². The molecule has 6 heteroatoms. The van der Waals surface area contributed by atoms with E-state index in [0.717, 1.165) is 24.0 Å². The third kappa shape index (κ3) is 3.81. The van der Waals surface area contributed by atoms with Gasteiger partial charge in [-0.15, -0.1) is 0 Å². The lowest BCUT2D eigenvalue weighted by molar-refractivity contribution is 0.176. The molecule has 0 bridgehead atoms. The minimum Gasteiger partial charge on any atom is -0.484 e. The lowest BCUT2D eigenvalue weighted by Crippen LogP contribution is -2.33. The molecule has 4 N–H and O–H groups in total. The summed E-state index contributed by atoms with van der Waals surface area (Å²) in [6, 6.07) is 11.7. The summed E-state index contributed by atoms with van der Waals surface area (Å²) in [6.45, 7) is 0.459. The number of rotatable bonds is 4. The zero-order chi connectivity index (χ0) is 18.0. The van der Waals surface area contributed by atoms with E-state index < -0.39 is 0 Å². The highest BCUT2D eigenvalue weighted by Gasteiger charge is 2.26. The van der Waals surface area contributed by atoms with Crippen molar-refractivity contribution < 1.29 is 4.74 Å². The first kappa shape index (κ1) is 17.4. The van der Waals surface area contributed by atoms with Crippen LogP contribution in [0.4, 0.5) is 0 Å². The normalized spacial score (nSPS) is 19.5. The first-order valence-corrected chi connectivity index (χ1v) is 8.46. The summed E-state index contributed by atoms with van der Waals surface area (Å²) in [5.41, 5.74) is 8.76. The van der Waals surface area contributed by atoms with Gasteiger partial charge in [0.25, 0.3) is 0 Å². The number of pyridine rings is 1. The molecule has 1 aromatic carbocycles. The van der Waals surface area contributed by atoms with Crippen LogP contribution in [0.3, 0.4) is 0 Å². The van der Waals surface area contributed by atoms with E-state index in [4.69, 9.17) is 21.3 Å². The number of benzene rings is 1. The van der Waals surface area contributed by atoms with Crippen LogP contribution in [0.15, 0.2) is 42.6 Å². The van der Waals surface area contributed by atoms with Crippen LogP contribution in [0.1, 0.15) is 36.1 Å². The second-order valence-corrected chi connectivity index (χ2v) is 6.72. The van der Waals surface area contributed by atoms with Crippen molar-refractivity contribution in [2.45, 2.75) is 25.0 Å². The summed E-state index contributed by atoms with van der Waals surface area (Å²) in [7, 11) is 3.81. The monoisotopic (exact) mass is 339 g/mol. The van der Waals surface area contributed by atoms with Crippen molar-refractivity contribution in [3.8, 4) is 5.75 Å². The molecule has 25 heavy (non-hydrogen) atoms. The minimum absolute atomic E-state index is 0.0518. The van der Waals surface area contributed by atoms with Crippen molar-refractivity contribution in [2.75, 3.05) is 20.6 Å². The number of nitrogens with one attached hydrogen (secondary N) is 2.